The second-order valence-corrected chi connectivity index (χ2v) is 3.79. The quantitative estimate of drug-likeness (QED) is 0.332. The van der Waals surface area contributed by atoms with E-state index in [1.165, 1.54) is 0 Å². The summed E-state index contributed by atoms with van der Waals surface area (Å²) in [5, 5.41) is 7.69. The maximum atomic E-state index is 7.69. The Hall–Kier alpha value is -2.33. The molecule has 0 aliphatic carbocycles. The monoisotopic (exact) mass is 241 g/mol. The molecular formula is C14H15N3O. The van der Waals surface area contributed by atoms with Crippen LogP contribution in [0.2, 0.25) is 0 Å². The lowest BCUT2D eigenvalue weighted by Gasteiger charge is -2.11. The normalized spacial score (nSPS) is 9.83. The second kappa shape index (κ2) is 5.84. The minimum atomic E-state index is 0.138. The summed E-state index contributed by atoms with van der Waals surface area (Å²) in [6.45, 7) is 0.468. The van der Waals surface area contributed by atoms with E-state index < -0.39 is 0 Å². The van der Waals surface area contributed by atoms with Crippen LogP contribution in [-0.4, -0.2) is 5.84 Å². The number of para-hydroxylation sites is 1. The lowest BCUT2D eigenvalue weighted by atomic mass is 10.2. The van der Waals surface area contributed by atoms with Crippen LogP contribution in [0.25, 0.3) is 0 Å². The van der Waals surface area contributed by atoms with Gasteiger partial charge in [0, 0.05) is 0 Å². The zero-order valence-corrected chi connectivity index (χ0v) is 9.89. The number of nitrogens with two attached hydrogens (primary N) is 1. The van der Waals surface area contributed by atoms with E-state index in [4.69, 9.17) is 16.0 Å². The first-order valence-electron chi connectivity index (χ1n) is 5.62. The topological polar surface area (TPSA) is 71.1 Å². The predicted octanol–water partition coefficient (Wildman–Crippen LogP) is 2.05. The van der Waals surface area contributed by atoms with Gasteiger partial charge in [-0.15, -0.1) is 0 Å². The Morgan fingerprint density at radius 1 is 1.06 bits per heavy atom. The van der Waals surface area contributed by atoms with Crippen molar-refractivity contribution in [2.24, 2.45) is 5.84 Å². The first-order chi connectivity index (χ1) is 8.81. The molecule has 0 aromatic heterocycles. The van der Waals surface area contributed by atoms with E-state index in [-0.39, 0.29) is 5.84 Å². The number of benzene rings is 2. The number of ether oxygens (including phenoxy) is 1. The molecule has 0 aliphatic heterocycles. The highest BCUT2D eigenvalue weighted by atomic mass is 16.5. The lowest BCUT2D eigenvalue weighted by molar-refractivity contribution is 0.305. The molecule has 4 heteroatoms. The summed E-state index contributed by atoms with van der Waals surface area (Å²) in [5.41, 5.74) is 4.06. The summed E-state index contributed by atoms with van der Waals surface area (Å²) in [4.78, 5) is 0. The molecule has 0 radical (unpaired) electrons. The molecule has 0 saturated carbocycles. The Morgan fingerprint density at radius 2 is 1.72 bits per heavy atom. The van der Waals surface area contributed by atoms with Crippen LogP contribution < -0.4 is 16.0 Å². The minimum absolute atomic E-state index is 0.138. The number of amidine groups is 1. The van der Waals surface area contributed by atoms with Gasteiger partial charge < -0.3 is 10.2 Å². The molecule has 2 rings (SSSR count). The van der Waals surface area contributed by atoms with Crippen molar-refractivity contribution in [1.82, 2.24) is 5.43 Å². The maximum Gasteiger partial charge on any atom is 0.143 e. The average molecular weight is 241 g/mol. The molecule has 4 N–H and O–H groups in total. The molecule has 92 valence electrons. The smallest absolute Gasteiger partial charge is 0.143 e. The van der Waals surface area contributed by atoms with Crippen LogP contribution in [0.4, 0.5) is 0 Å². The third-order valence-electron chi connectivity index (χ3n) is 2.54. The van der Waals surface area contributed by atoms with Gasteiger partial charge in [-0.2, -0.15) is 0 Å². The molecule has 0 bridgehead atoms. The molecule has 0 heterocycles. The SMILES string of the molecule is N=C(NN)c1ccccc1OCc1ccccc1. The van der Waals surface area contributed by atoms with E-state index in [9.17, 15) is 0 Å². The molecule has 0 atom stereocenters. The summed E-state index contributed by atoms with van der Waals surface area (Å²) in [7, 11) is 0. The van der Waals surface area contributed by atoms with Gasteiger partial charge in [-0.05, 0) is 17.7 Å². The third kappa shape index (κ3) is 2.87. The van der Waals surface area contributed by atoms with Gasteiger partial charge >= 0.3 is 0 Å². The summed E-state index contributed by atoms with van der Waals surface area (Å²) in [5.74, 6) is 6.03. The molecule has 2 aromatic carbocycles. The third-order valence-corrected chi connectivity index (χ3v) is 2.54. The van der Waals surface area contributed by atoms with Crippen molar-refractivity contribution in [1.29, 1.82) is 5.41 Å². The van der Waals surface area contributed by atoms with Crippen LogP contribution in [0.15, 0.2) is 54.6 Å². The first-order valence-corrected chi connectivity index (χ1v) is 5.62. The predicted molar refractivity (Wildman–Crippen MR) is 71.4 cm³/mol. The van der Waals surface area contributed by atoms with Gasteiger partial charge in [-0.3, -0.25) is 5.41 Å². The van der Waals surface area contributed by atoms with Gasteiger partial charge in [-0.25, -0.2) is 5.84 Å². The molecule has 0 unspecified atom stereocenters. The van der Waals surface area contributed by atoms with E-state index >= 15 is 0 Å². The zero-order valence-electron chi connectivity index (χ0n) is 9.89. The lowest BCUT2D eigenvalue weighted by Crippen LogP contribution is -2.30. The molecule has 0 amide bonds. The fourth-order valence-electron chi connectivity index (χ4n) is 1.61. The number of hydrazine groups is 1. The van der Waals surface area contributed by atoms with Crippen molar-refractivity contribution in [2.75, 3.05) is 0 Å². The molecule has 18 heavy (non-hydrogen) atoms. The van der Waals surface area contributed by atoms with Gasteiger partial charge in [-0.1, -0.05) is 42.5 Å². The second-order valence-electron chi connectivity index (χ2n) is 3.79. The van der Waals surface area contributed by atoms with Gasteiger partial charge in [0.2, 0.25) is 0 Å². The number of hydrogen-bond acceptors (Lipinski definition) is 3. The van der Waals surface area contributed by atoms with Crippen LogP contribution in [0, 0.1) is 5.41 Å². The van der Waals surface area contributed by atoms with Gasteiger partial charge in [0.1, 0.15) is 18.2 Å². The van der Waals surface area contributed by atoms with E-state index in [0.717, 1.165) is 5.56 Å². The van der Waals surface area contributed by atoms with E-state index in [2.05, 4.69) is 5.43 Å². The van der Waals surface area contributed by atoms with Crippen molar-refractivity contribution in [2.45, 2.75) is 6.61 Å². The molecule has 0 saturated heterocycles. The van der Waals surface area contributed by atoms with Gasteiger partial charge in [0.05, 0.1) is 5.56 Å². The molecule has 0 spiro atoms. The molecule has 4 nitrogen and oxygen atoms in total. The van der Waals surface area contributed by atoms with Crippen LogP contribution in [0.5, 0.6) is 5.75 Å². The van der Waals surface area contributed by atoms with E-state index in [0.29, 0.717) is 17.9 Å². The standard InChI is InChI=1S/C14H15N3O/c15-14(17-16)12-8-4-5-9-13(12)18-10-11-6-2-1-3-7-11/h1-9H,10,16H2,(H2,15,17). The molecule has 0 fully saturated rings. The van der Waals surface area contributed by atoms with Crippen molar-refractivity contribution in [3.8, 4) is 5.75 Å². The largest absolute Gasteiger partial charge is 0.488 e. The first kappa shape index (κ1) is 12.1. The van der Waals surface area contributed by atoms with Crippen LogP contribution >= 0.6 is 0 Å². The Morgan fingerprint density at radius 3 is 2.44 bits per heavy atom. The number of nitrogens with one attached hydrogen (secondary N) is 2. The fraction of sp³-hybridized carbons (Fsp3) is 0.0714. The highest BCUT2D eigenvalue weighted by Crippen LogP contribution is 2.18. The van der Waals surface area contributed by atoms with E-state index in [1.54, 1.807) is 6.07 Å². The molecule has 2 aromatic rings. The summed E-state index contributed by atoms with van der Waals surface area (Å²) < 4.78 is 5.71. The van der Waals surface area contributed by atoms with Crippen LogP contribution in [-0.2, 0) is 6.61 Å². The van der Waals surface area contributed by atoms with Crippen LogP contribution in [0.1, 0.15) is 11.1 Å². The number of hydrogen-bond donors (Lipinski definition) is 3. The Labute approximate surface area is 106 Å². The summed E-state index contributed by atoms with van der Waals surface area (Å²) in [6.07, 6.45) is 0. The van der Waals surface area contributed by atoms with Crippen molar-refractivity contribution >= 4 is 5.84 Å². The van der Waals surface area contributed by atoms with Gasteiger partial charge in [0.25, 0.3) is 0 Å². The van der Waals surface area contributed by atoms with Gasteiger partial charge in [0.15, 0.2) is 0 Å². The summed E-state index contributed by atoms with van der Waals surface area (Å²) in [6, 6.07) is 17.2. The average Bonchev–Trinajstić information content (AvgIpc) is 2.45. The number of rotatable bonds is 4. The Kier molecular flexibility index (Phi) is 3.94. The molecular weight excluding hydrogens is 226 g/mol. The van der Waals surface area contributed by atoms with Crippen LogP contribution in [0.3, 0.4) is 0 Å². The summed E-state index contributed by atoms with van der Waals surface area (Å²) >= 11 is 0. The highest BCUT2D eigenvalue weighted by Gasteiger charge is 2.07. The Bertz CT molecular complexity index is 526. The molecule has 0 aliphatic rings. The zero-order chi connectivity index (χ0) is 12.8. The maximum absolute atomic E-state index is 7.69. The fourth-order valence-corrected chi connectivity index (χ4v) is 1.61. The van der Waals surface area contributed by atoms with Crippen molar-refractivity contribution in [3.05, 3.63) is 65.7 Å². The van der Waals surface area contributed by atoms with Crippen molar-refractivity contribution in [3.63, 3.8) is 0 Å². The Balaban J connectivity index is 2.12. The van der Waals surface area contributed by atoms with E-state index in [1.807, 2.05) is 48.5 Å². The van der Waals surface area contributed by atoms with Crippen molar-refractivity contribution < 1.29 is 4.74 Å². The minimum Gasteiger partial charge on any atom is -0.488 e. The highest BCUT2D eigenvalue weighted by molar-refractivity contribution is 5.98.